The number of unbranched alkanes of at least 4 members (excludes halogenated alkanes) is 1. The van der Waals surface area contributed by atoms with Crippen molar-refractivity contribution < 1.29 is 4.39 Å². The lowest BCUT2D eigenvalue weighted by Crippen LogP contribution is -2.18. The van der Waals surface area contributed by atoms with Crippen molar-refractivity contribution in [2.24, 2.45) is 5.41 Å². The maximum absolute atomic E-state index is 12.7. The molecule has 1 heteroatoms. The highest BCUT2D eigenvalue weighted by molar-refractivity contribution is 4.83. The average molecular weight is 188 g/mol. The van der Waals surface area contributed by atoms with Gasteiger partial charge in [0.15, 0.2) is 0 Å². The van der Waals surface area contributed by atoms with E-state index >= 15 is 0 Å². The van der Waals surface area contributed by atoms with Crippen LogP contribution < -0.4 is 0 Å². The van der Waals surface area contributed by atoms with E-state index in [1.165, 1.54) is 25.7 Å². The van der Waals surface area contributed by atoms with Crippen LogP contribution in [0.15, 0.2) is 0 Å². The van der Waals surface area contributed by atoms with Crippen molar-refractivity contribution in [3.05, 3.63) is 0 Å². The summed E-state index contributed by atoms with van der Waals surface area (Å²) in [7, 11) is 0. The quantitative estimate of drug-likeness (QED) is 0.598. The molecule has 0 aliphatic heterocycles. The molecule has 0 radical (unpaired) electrons. The molecule has 1 aliphatic carbocycles. The van der Waals surface area contributed by atoms with E-state index < -0.39 is 0 Å². The van der Waals surface area contributed by atoms with Gasteiger partial charge < -0.3 is 0 Å². The Morgan fingerprint density at radius 2 is 1.69 bits per heavy atom. The summed E-state index contributed by atoms with van der Waals surface area (Å²) in [5.74, 6) is 0. The van der Waals surface area contributed by atoms with Crippen LogP contribution in [0.5, 0.6) is 0 Å². The van der Waals surface area contributed by atoms with Gasteiger partial charge in [-0.25, -0.2) is 0 Å². The lowest BCUT2D eigenvalue weighted by molar-refractivity contribution is 0.191. The maximum Gasteiger partial charge on any atom is 0.0950 e. The van der Waals surface area contributed by atoms with Crippen LogP contribution in [0.2, 0.25) is 0 Å². The fourth-order valence-corrected chi connectivity index (χ4v) is 2.13. The second-order valence-corrected chi connectivity index (χ2v) is 3.94. The molecule has 1 rings (SSSR count). The van der Waals surface area contributed by atoms with E-state index in [0.717, 1.165) is 19.3 Å². The molecule has 80 valence electrons. The minimum Gasteiger partial charge on any atom is -0.250 e. The molecule has 0 nitrogen and oxygen atoms in total. The minimum absolute atomic E-state index is 0.0764. The van der Waals surface area contributed by atoms with Crippen molar-refractivity contribution in [2.75, 3.05) is 6.67 Å². The summed E-state index contributed by atoms with van der Waals surface area (Å²) in [6.07, 6.45) is 8.35. The number of rotatable bonds is 4. The van der Waals surface area contributed by atoms with E-state index in [0.29, 0.717) is 0 Å². The van der Waals surface area contributed by atoms with Gasteiger partial charge in [-0.05, 0) is 24.7 Å². The molecule has 1 aliphatic rings. The Morgan fingerprint density at radius 1 is 1.15 bits per heavy atom. The lowest BCUT2D eigenvalue weighted by Gasteiger charge is -2.24. The summed E-state index contributed by atoms with van der Waals surface area (Å²) in [6, 6.07) is 0. The van der Waals surface area contributed by atoms with Crippen LogP contribution in [0.4, 0.5) is 4.39 Å². The van der Waals surface area contributed by atoms with Crippen LogP contribution in [-0.2, 0) is 0 Å². The molecule has 1 saturated carbocycles. The normalized spacial score (nSPS) is 19.4. The number of hydrogen-bond donors (Lipinski definition) is 0. The molecule has 1 fully saturated rings. The van der Waals surface area contributed by atoms with Gasteiger partial charge in [0.25, 0.3) is 0 Å². The third kappa shape index (κ3) is 4.10. The fraction of sp³-hybridized carbons (Fsp3) is 1.00. The first-order valence-corrected chi connectivity index (χ1v) is 5.89. The van der Waals surface area contributed by atoms with Gasteiger partial charge >= 0.3 is 0 Å². The average Bonchev–Trinajstić information content (AvgIpc) is 2.67. The van der Waals surface area contributed by atoms with Gasteiger partial charge in [-0.2, -0.15) is 0 Å². The fourth-order valence-electron chi connectivity index (χ4n) is 2.13. The van der Waals surface area contributed by atoms with Crippen LogP contribution in [0, 0.1) is 5.41 Å². The van der Waals surface area contributed by atoms with E-state index in [-0.39, 0.29) is 12.1 Å². The SMILES string of the molecule is CC.CCCCC1(CF)CCCC1. The molecule has 0 aromatic carbocycles. The Bertz CT molecular complexity index is 104. The highest BCUT2D eigenvalue weighted by atomic mass is 19.1. The van der Waals surface area contributed by atoms with Crippen LogP contribution >= 0.6 is 0 Å². The molecular weight excluding hydrogens is 163 g/mol. The van der Waals surface area contributed by atoms with Crippen molar-refractivity contribution in [1.82, 2.24) is 0 Å². The third-order valence-corrected chi connectivity index (χ3v) is 3.01. The van der Waals surface area contributed by atoms with E-state index in [9.17, 15) is 4.39 Å². The highest BCUT2D eigenvalue weighted by Gasteiger charge is 2.32. The van der Waals surface area contributed by atoms with Crippen LogP contribution in [0.25, 0.3) is 0 Å². The Labute approximate surface area is 82.9 Å². The second-order valence-electron chi connectivity index (χ2n) is 3.94. The molecular formula is C12H25F. The predicted octanol–water partition coefficient (Wildman–Crippen LogP) is 4.73. The second kappa shape index (κ2) is 7.34. The van der Waals surface area contributed by atoms with Crippen molar-refractivity contribution in [1.29, 1.82) is 0 Å². The van der Waals surface area contributed by atoms with Crippen LogP contribution in [0.3, 0.4) is 0 Å². The van der Waals surface area contributed by atoms with Crippen molar-refractivity contribution in [3.63, 3.8) is 0 Å². The largest absolute Gasteiger partial charge is 0.250 e. The smallest absolute Gasteiger partial charge is 0.0950 e. The number of alkyl halides is 1. The lowest BCUT2D eigenvalue weighted by atomic mass is 9.83. The van der Waals surface area contributed by atoms with Crippen molar-refractivity contribution in [3.8, 4) is 0 Å². The summed E-state index contributed by atoms with van der Waals surface area (Å²) in [5, 5.41) is 0. The van der Waals surface area contributed by atoms with Gasteiger partial charge in [0.1, 0.15) is 0 Å². The summed E-state index contributed by atoms with van der Waals surface area (Å²) in [4.78, 5) is 0. The van der Waals surface area contributed by atoms with Gasteiger partial charge in [-0.1, -0.05) is 46.5 Å². The van der Waals surface area contributed by atoms with Crippen molar-refractivity contribution >= 4 is 0 Å². The maximum atomic E-state index is 12.7. The first-order valence-electron chi connectivity index (χ1n) is 5.89. The zero-order valence-electron chi connectivity index (χ0n) is 9.53. The third-order valence-electron chi connectivity index (χ3n) is 3.01. The minimum atomic E-state index is -0.0764. The van der Waals surface area contributed by atoms with Gasteiger partial charge in [-0.15, -0.1) is 0 Å². The zero-order chi connectivity index (χ0) is 10.2. The summed E-state index contributed by atoms with van der Waals surface area (Å²) >= 11 is 0. The van der Waals surface area contributed by atoms with E-state index in [2.05, 4.69) is 6.92 Å². The summed E-state index contributed by atoms with van der Waals surface area (Å²) in [5.41, 5.74) is 0.121. The summed E-state index contributed by atoms with van der Waals surface area (Å²) < 4.78 is 12.7. The first kappa shape index (κ1) is 12.9. The number of halogens is 1. The molecule has 0 bridgehead atoms. The van der Waals surface area contributed by atoms with Crippen LogP contribution in [0.1, 0.15) is 65.7 Å². The molecule has 0 aromatic heterocycles. The monoisotopic (exact) mass is 188 g/mol. The molecule has 0 heterocycles. The van der Waals surface area contributed by atoms with Gasteiger partial charge in [0.05, 0.1) is 6.67 Å². The molecule has 0 aromatic rings. The molecule has 0 amide bonds. The standard InChI is InChI=1S/C10H19F.C2H6/c1-2-3-6-10(9-11)7-4-5-8-10;1-2/h2-9H2,1H3;1-2H3. The Balaban J connectivity index is 0.000000671. The topological polar surface area (TPSA) is 0 Å². The van der Waals surface area contributed by atoms with E-state index in [4.69, 9.17) is 0 Å². The molecule has 0 spiro atoms. The van der Waals surface area contributed by atoms with Crippen molar-refractivity contribution in [2.45, 2.75) is 65.7 Å². The first-order chi connectivity index (χ1) is 6.33. The molecule has 0 saturated heterocycles. The molecule has 13 heavy (non-hydrogen) atoms. The zero-order valence-corrected chi connectivity index (χ0v) is 9.53. The molecule has 0 N–H and O–H groups in total. The molecule has 0 unspecified atom stereocenters. The van der Waals surface area contributed by atoms with Gasteiger partial charge in [0, 0.05) is 0 Å². The Hall–Kier alpha value is -0.0700. The highest BCUT2D eigenvalue weighted by Crippen LogP contribution is 2.42. The number of hydrogen-bond acceptors (Lipinski definition) is 0. The van der Waals surface area contributed by atoms with E-state index in [1.807, 2.05) is 13.8 Å². The Morgan fingerprint density at radius 3 is 2.08 bits per heavy atom. The Kier molecular flexibility index (Phi) is 7.31. The predicted molar refractivity (Wildman–Crippen MR) is 57.7 cm³/mol. The van der Waals surface area contributed by atoms with Gasteiger partial charge in [-0.3, -0.25) is 4.39 Å². The van der Waals surface area contributed by atoms with E-state index in [1.54, 1.807) is 0 Å². The van der Waals surface area contributed by atoms with Gasteiger partial charge in [0.2, 0.25) is 0 Å². The molecule has 0 atom stereocenters. The summed E-state index contributed by atoms with van der Waals surface area (Å²) in [6.45, 7) is 6.11. The van der Waals surface area contributed by atoms with Crippen LogP contribution in [-0.4, -0.2) is 6.67 Å².